The predicted octanol–water partition coefficient (Wildman–Crippen LogP) is 3.13. The van der Waals surface area contributed by atoms with E-state index in [1.54, 1.807) is 12.5 Å². The first-order valence-electron chi connectivity index (χ1n) is 5.08. The highest BCUT2D eigenvalue weighted by atomic mass is 35.5. The molecular formula is C10H14ClNO2S. The van der Waals surface area contributed by atoms with E-state index in [0.717, 1.165) is 25.7 Å². The fraction of sp³-hybridized carbons (Fsp3) is 0.700. The van der Waals surface area contributed by atoms with Crippen LogP contribution in [0.3, 0.4) is 0 Å². The third-order valence-electron chi connectivity index (χ3n) is 2.63. The first-order chi connectivity index (χ1) is 7.28. The maximum atomic E-state index is 5.75. The van der Waals surface area contributed by atoms with E-state index < -0.39 is 0 Å². The number of rotatable bonds is 3. The summed E-state index contributed by atoms with van der Waals surface area (Å²) < 4.78 is 11.1. The van der Waals surface area contributed by atoms with Gasteiger partial charge in [0.2, 0.25) is 0 Å². The van der Waals surface area contributed by atoms with Gasteiger partial charge in [-0.15, -0.1) is 0 Å². The van der Waals surface area contributed by atoms with E-state index in [4.69, 9.17) is 21.1 Å². The van der Waals surface area contributed by atoms with Crippen LogP contribution in [0.2, 0.25) is 5.15 Å². The van der Waals surface area contributed by atoms with Crippen molar-refractivity contribution in [3.05, 3.63) is 10.5 Å². The lowest BCUT2D eigenvalue weighted by Crippen LogP contribution is -2.29. The summed E-state index contributed by atoms with van der Waals surface area (Å²) in [6, 6.07) is 0. The second kappa shape index (κ2) is 5.14. The van der Waals surface area contributed by atoms with Gasteiger partial charge in [-0.05, 0) is 19.3 Å². The van der Waals surface area contributed by atoms with Crippen molar-refractivity contribution in [2.45, 2.75) is 37.9 Å². The average Bonchev–Trinajstić information content (AvgIpc) is 2.64. The third-order valence-corrected chi connectivity index (χ3v) is 3.69. The maximum Gasteiger partial charge on any atom is 0.274 e. The van der Waals surface area contributed by atoms with Crippen molar-refractivity contribution in [2.24, 2.45) is 0 Å². The molecule has 1 aromatic rings. The highest BCUT2D eigenvalue weighted by Gasteiger charge is 2.23. The van der Waals surface area contributed by atoms with Gasteiger partial charge in [-0.3, -0.25) is 0 Å². The van der Waals surface area contributed by atoms with Gasteiger partial charge >= 0.3 is 0 Å². The zero-order valence-electron chi connectivity index (χ0n) is 8.61. The normalized spacial score (nSPS) is 26.5. The number of hydrogen-bond acceptors (Lipinski definition) is 4. The Morgan fingerprint density at radius 3 is 2.93 bits per heavy atom. The first-order valence-corrected chi connectivity index (χ1v) is 6.34. The van der Waals surface area contributed by atoms with Crippen LogP contribution in [0.4, 0.5) is 0 Å². The zero-order valence-corrected chi connectivity index (χ0v) is 10.2. The van der Waals surface area contributed by atoms with Gasteiger partial charge in [0.05, 0.1) is 6.10 Å². The van der Waals surface area contributed by atoms with Gasteiger partial charge in [-0.25, -0.2) is 0 Å². The van der Waals surface area contributed by atoms with Gasteiger partial charge in [0.15, 0.2) is 0 Å². The lowest BCUT2D eigenvalue weighted by molar-refractivity contribution is 0.0209. The summed E-state index contributed by atoms with van der Waals surface area (Å²) in [6.07, 6.45) is 4.88. The minimum absolute atomic E-state index is 0.228. The van der Waals surface area contributed by atoms with Crippen LogP contribution in [-0.2, 0) is 4.74 Å². The van der Waals surface area contributed by atoms with Gasteiger partial charge in [-0.1, -0.05) is 22.9 Å². The maximum absolute atomic E-state index is 5.75. The zero-order chi connectivity index (χ0) is 10.7. The molecule has 2 unspecified atom stereocenters. The molecule has 2 rings (SSSR count). The number of hydrogen-bond donors (Lipinski definition) is 0. The van der Waals surface area contributed by atoms with Gasteiger partial charge in [-0.2, -0.15) is 4.98 Å². The van der Waals surface area contributed by atoms with Crippen molar-refractivity contribution in [1.82, 2.24) is 4.98 Å². The topological polar surface area (TPSA) is 31.4 Å². The summed E-state index contributed by atoms with van der Waals surface area (Å²) in [4.78, 5) is 4.08. The number of nitrogens with zero attached hydrogens (tertiary/aromatic N) is 1. The van der Waals surface area contributed by atoms with Crippen LogP contribution in [0.5, 0.6) is 5.19 Å². The summed E-state index contributed by atoms with van der Waals surface area (Å²) >= 11 is 7.17. The molecule has 1 heterocycles. The van der Waals surface area contributed by atoms with E-state index in [2.05, 4.69) is 4.98 Å². The molecule has 5 heteroatoms. The molecule has 1 saturated carbocycles. The molecule has 2 atom stereocenters. The number of methoxy groups -OCH3 is 1. The largest absolute Gasteiger partial charge is 0.467 e. The van der Waals surface area contributed by atoms with Crippen molar-refractivity contribution in [2.75, 3.05) is 7.11 Å². The molecule has 0 aliphatic heterocycles. The molecule has 0 N–H and O–H groups in total. The fourth-order valence-electron chi connectivity index (χ4n) is 1.86. The lowest BCUT2D eigenvalue weighted by Gasteiger charge is -2.27. The van der Waals surface area contributed by atoms with Crippen molar-refractivity contribution in [3.63, 3.8) is 0 Å². The molecule has 1 aliphatic rings. The van der Waals surface area contributed by atoms with E-state index in [0.29, 0.717) is 16.5 Å². The first kappa shape index (κ1) is 11.2. The molecule has 0 aromatic carbocycles. The Bertz CT molecular complexity index is 318. The second-order valence-corrected chi connectivity index (χ2v) is 4.91. The Hall–Kier alpha value is -0.320. The molecule has 0 radical (unpaired) electrons. The third kappa shape index (κ3) is 3.06. The minimum Gasteiger partial charge on any atom is -0.467 e. The van der Waals surface area contributed by atoms with Crippen LogP contribution in [-0.4, -0.2) is 24.3 Å². The highest BCUT2D eigenvalue weighted by Crippen LogP contribution is 2.28. The number of halogens is 1. The Balaban J connectivity index is 1.88. The van der Waals surface area contributed by atoms with Crippen molar-refractivity contribution >= 4 is 22.9 Å². The SMILES string of the molecule is COC1CCCC(Oc2nc(Cl)cs2)C1. The molecule has 15 heavy (non-hydrogen) atoms. The van der Waals surface area contributed by atoms with Gasteiger partial charge in [0.25, 0.3) is 5.19 Å². The van der Waals surface area contributed by atoms with E-state index in [1.807, 2.05) is 0 Å². The van der Waals surface area contributed by atoms with Crippen molar-refractivity contribution < 1.29 is 9.47 Å². The molecule has 3 nitrogen and oxygen atoms in total. The standard InChI is InChI=1S/C10H14ClNO2S/c1-13-7-3-2-4-8(5-7)14-10-12-9(11)6-15-10/h6-8H,2-5H2,1H3. The van der Waals surface area contributed by atoms with E-state index in [-0.39, 0.29) is 6.10 Å². The molecule has 0 bridgehead atoms. The van der Waals surface area contributed by atoms with E-state index >= 15 is 0 Å². The Kier molecular flexibility index (Phi) is 3.83. The Morgan fingerprint density at radius 1 is 1.47 bits per heavy atom. The van der Waals surface area contributed by atoms with Crippen LogP contribution < -0.4 is 4.74 Å². The predicted molar refractivity (Wildman–Crippen MR) is 60.8 cm³/mol. The number of aromatic nitrogens is 1. The van der Waals surface area contributed by atoms with Crippen LogP contribution in [0.25, 0.3) is 0 Å². The molecule has 1 aliphatic carbocycles. The molecule has 0 saturated heterocycles. The highest BCUT2D eigenvalue weighted by molar-refractivity contribution is 7.11. The van der Waals surface area contributed by atoms with Crippen LogP contribution in [0.15, 0.2) is 5.38 Å². The number of ether oxygens (including phenoxy) is 2. The molecule has 1 aromatic heterocycles. The second-order valence-electron chi connectivity index (χ2n) is 3.70. The lowest BCUT2D eigenvalue weighted by atomic mass is 9.95. The molecule has 84 valence electrons. The van der Waals surface area contributed by atoms with Gasteiger partial charge in [0.1, 0.15) is 11.3 Å². The molecule has 0 amide bonds. The van der Waals surface area contributed by atoms with Crippen molar-refractivity contribution in [1.29, 1.82) is 0 Å². The van der Waals surface area contributed by atoms with Crippen molar-refractivity contribution in [3.8, 4) is 5.19 Å². The molecule has 0 spiro atoms. The Morgan fingerprint density at radius 2 is 2.27 bits per heavy atom. The monoisotopic (exact) mass is 247 g/mol. The summed E-state index contributed by atoms with van der Waals surface area (Å²) in [5, 5.41) is 2.96. The number of thiazole rings is 1. The summed E-state index contributed by atoms with van der Waals surface area (Å²) in [5.41, 5.74) is 0. The fourth-order valence-corrected chi connectivity index (χ4v) is 2.71. The van der Waals surface area contributed by atoms with Crippen LogP contribution >= 0.6 is 22.9 Å². The smallest absolute Gasteiger partial charge is 0.274 e. The van der Waals surface area contributed by atoms with E-state index in [1.165, 1.54) is 11.3 Å². The molecular weight excluding hydrogens is 234 g/mol. The summed E-state index contributed by atoms with van der Waals surface area (Å²) in [7, 11) is 1.76. The van der Waals surface area contributed by atoms with Crippen LogP contribution in [0, 0.1) is 0 Å². The van der Waals surface area contributed by atoms with Gasteiger partial charge in [0, 0.05) is 18.9 Å². The minimum atomic E-state index is 0.228. The Labute approximate surface area is 98.4 Å². The average molecular weight is 248 g/mol. The quantitative estimate of drug-likeness (QED) is 0.822. The summed E-state index contributed by atoms with van der Waals surface area (Å²) in [6.45, 7) is 0. The van der Waals surface area contributed by atoms with Gasteiger partial charge < -0.3 is 9.47 Å². The summed E-state index contributed by atoms with van der Waals surface area (Å²) in [5.74, 6) is 0. The molecule has 1 fully saturated rings. The van der Waals surface area contributed by atoms with E-state index in [9.17, 15) is 0 Å². The van der Waals surface area contributed by atoms with Crippen LogP contribution in [0.1, 0.15) is 25.7 Å².